The van der Waals surface area contributed by atoms with Gasteiger partial charge in [0.15, 0.2) is 0 Å². The number of alkyl carbamates (subject to hydrolysis) is 1. The first kappa shape index (κ1) is 30.8. The number of nitrogens with one attached hydrogen (secondary N) is 2. The van der Waals surface area contributed by atoms with Crippen molar-refractivity contribution >= 4 is 17.9 Å². The van der Waals surface area contributed by atoms with E-state index in [0.29, 0.717) is 13.0 Å². The molecule has 2 rings (SSSR count). The molecule has 2 atom stereocenters. The van der Waals surface area contributed by atoms with Crippen LogP contribution in [0.4, 0.5) is 4.79 Å². The summed E-state index contributed by atoms with van der Waals surface area (Å²) in [5, 5.41) is 14.3. The fraction of sp³-hybridized carbons (Fsp3) is 0.483. The normalized spacial score (nSPS) is 12.8. The number of aliphatic hydroxyl groups excluding tert-OH is 1. The molecule has 9 heteroatoms. The van der Waals surface area contributed by atoms with E-state index >= 15 is 0 Å². The second kappa shape index (κ2) is 15.7. The molecule has 2 aromatic carbocycles. The topological polar surface area (TPSA) is 140 Å². The van der Waals surface area contributed by atoms with E-state index in [2.05, 4.69) is 10.6 Å². The standard InChI is InChI=1S/C29H41N3O6/c1-29(2,3)38-28(36)31-18-23(19-33)26(30)27(35)32-25(34)13-9-5-6-10-21-14-16-24(17-15-21)37-20-22-11-7-4-8-12-22/h4,7-8,11-12,14-17,23,26,33H,5-6,9-10,13,18-20,30H2,1-3H3,(H,31,36)(H,32,34,35). The molecule has 0 bridgehead atoms. The quantitative estimate of drug-likeness (QED) is 0.276. The van der Waals surface area contributed by atoms with Gasteiger partial charge in [0.05, 0.1) is 6.04 Å². The predicted molar refractivity (Wildman–Crippen MR) is 145 cm³/mol. The van der Waals surface area contributed by atoms with Crippen LogP contribution in [0, 0.1) is 5.92 Å². The van der Waals surface area contributed by atoms with E-state index in [-0.39, 0.29) is 13.0 Å². The van der Waals surface area contributed by atoms with E-state index in [4.69, 9.17) is 15.2 Å². The summed E-state index contributed by atoms with van der Waals surface area (Å²) >= 11 is 0. The second-order valence-electron chi connectivity index (χ2n) is 10.2. The van der Waals surface area contributed by atoms with Gasteiger partial charge in [-0.3, -0.25) is 14.9 Å². The summed E-state index contributed by atoms with van der Waals surface area (Å²) < 4.78 is 10.9. The Hall–Kier alpha value is -3.43. The minimum absolute atomic E-state index is 0.0612. The second-order valence-corrected chi connectivity index (χ2v) is 10.2. The number of hydrogen-bond donors (Lipinski definition) is 4. The molecular formula is C29H41N3O6. The highest BCUT2D eigenvalue weighted by atomic mass is 16.6. The highest BCUT2D eigenvalue weighted by molar-refractivity contribution is 5.97. The zero-order valence-corrected chi connectivity index (χ0v) is 22.6. The summed E-state index contributed by atoms with van der Waals surface area (Å²) in [4.78, 5) is 36.3. The van der Waals surface area contributed by atoms with Crippen molar-refractivity contribution in [2.75, 3.05) is 13.2 Å². The summed E-state index contributed by atoms with van der Waals surface area (Å²) in [7, 11) is 0. The van der Waals surface area contributed by atoms with Gasteiger partial charge in [0.25, 0.3) is 0 Å². The lowest BCUT2D eigenvalue weighted by Crippen LogP contribution is -2.51. The smallest absolute Gasteiger partial charge is 0.407 e. The number of carbonyl (C=O) groups is 3. The van der Waals surface area contributed by atoms with Gasteiger partial charge in [0.1, 0.15) is 18.0 Å². The monoisotopic (exact) mass is 527 g/mol. The van der Waals surface area contributed by atoms with E-state index in [1.54, 1.807) is 20.8 Å². The Morgan fingerprint density at radius 2 is 1.63 bits per heavy atom. The lowest BCUT2D eigenvalue weighted by Gasteiger charge is -2.23. The van der Waals surface area contributed by atoms with Gasteiger partial charge in [0.2, 0.25) is 11.8 Å². The van der Waals surface area contributed by atoms with Crippen LogP contribution in [0.3, 0.4) is 0 Å². The molecule has 3 amide bonds. The maximum Gasteiger partial charge on any atom is 0.407 e. The first-order valence-corrected chi connectivity index (χ1v) is 13.0. The van der Waals surface area contributed by atoms with Gasteiger partial charge in [0, 0.05) is 25.5 Å². The van der Waals surface area contributed by atoms with Crippen molar-refractivity contribution in [3.05, 3.63) is 65.7 Å². The molecule has 0 radical (unpaired) electrons. The number of ether oxygens (including phenoxy) is 2. The summed E-state index contributed by atoms with van der Waals surface area (Å²) in [6.07, 6.45) is 2.79. The van der Waals surface area contributed by atoms with Crippen LogP contribution < -0.4 is 21.1 Å². The van der Waals surface area contributed by atoms with Gasteiger partial charge in [-0.25, -0.2) is 4.79 Å². The first-order chi connectivity index (χ1) is 18.1. The van der Waals surface area contributed by atoms with Crippen LogP contribution in [0.2, 0.25) is 0 Å². The van der Waals surface area contributed by atoms with Crippen molar-refractivity contribution in [1.29, 1.82) is 0 Å². The zero-order valence-electron chi connectivity index (χ0n) is 22.6. The molecule has 0 spiro atoms. The van der Waals surface area contributed by atoms with E-state index in [0.717, 1.165) is 30.6 Å². The van der Waals surface area contributed by atoms with Crippen LogP contribution in [-0.2, 0) is 27.4 Å². The van der Waals surface area contributed by atoms with Gasteiger partial charge in [-0.2, -0.15) is 0 Å². The van der Waals surface area contributed by atoms with Crippen LogP contribution in [0.5, 0.6) is 5.75 Å². The molecule has 0 aliphatic heterocycles. The summed E-state index contributed by atoms with van der Waals surface area (Å²) in [5.74, 6) is -1.04. The number of unbranched alkanes of at least 4 members (excludes halogenated alkanes) is 2. The zero-order chi connectivity index (χ0) is 28.0. The summed E-state index contributed by atoms with van der Waals surface area (Å²) in [6, 6.07) is 16.9. The van der Waals surface area contributed by atoms with Crippen molar-refractivity contribution in [1.82, 2.24) is 10.6 Å². The molecule has 0 aliphatic rings. The largest absolute Gasteiger partial charge is 0.489 e. The fourth-order valence-electron chi connectivity index (χ4n) is 3.62. The highest BCUT2D eigenvalue weighted by Crippen LogP contribution is 2.16. The van der Waals surface area contributed by atoms with Crippen molar-refractivity contribution in [3.8, 4) is 5.75 Å². The SMILES string of the molecule is CC(C)(C)OC(=O)NCC(CO)C(N)C(=O)NC(=O)CCCCCc1ccc(OCc2ccccc2)cc1. The first-order valence-electron chi connectivity index (χ1n) is 13.0. The molecule has 0 aliphatic carbocycles. The van der Waals surface area contributed by atoms with E-state index in [9.17, 15) is 19.5 Å². The Labute approximate surface area is 225 Å². The van der Waals surface area contributed by atoms with Gasteiger partial charge < -0.3 is 25.6 Å². The molecule has 2 unspecified atom stereocenters. The van der Waals surface area contributed by atoms with Crippen LogP contribution in [0.25, 0.3) is 0 Å². The predicted octanol–water partition coefficient (Wildman–Crippen LogP) is 3.47. The van der Waals surface area contributed by atoms with Gasteiger partial charge in [-0.05, 0) is 63.3 Å². The minimum Gasteiger partial charge on any atom is -0.489 e. The number of amides is 3. The van der Waals surface area contributed by atoms with Gasteiger partial charge in [-0.15, -0.1) is 0 Å². The number of hydrogen-bond acceptors (Lipinski definition) is 7. The number of carbonyl (C=O) groups excluding carboxylic acids is 3. The molecule has 38 heavy (non-hydrogen) atoms. The Morgan fingerprint density at radius 3 is 2.26 bits per heavy atom. The average Bonchev–Trinajstić information content (AvgIpc) is 2.87. The molecule has 208 valence electrons. The van der Waals surface area contributed by atoms with Crippen molar-refractivity contribution in [2.24, 2.45) is 11.7 Å². The molecule has 5 N–H and O–H groups in total. The Morgan fingerprint density at radius 1 is 0.947 bits per heavy atom. The number of aliphatic hydroxyl groups is 1. The molecule has 2 aromatic rings. The van der Waals surface area contributed by atoms with E-state index in [1.165, 1.54) is 5.56 Å². The van der Waals surface area contributed by atoms with E-state index in [1.807, 2.05) is 54.6 Å². The fourth-order valence-corrected chi connectivity index (χ4v) is 3.62. The molecular weight excluding hydrogens is 486 g/mol. The maximum absolute atomic E-state index is 12.3. The maximum atomic E-state index is 12.3. The Balaban J connectivity index is 1.62. The number of benzene rings is 2. The van der Waals surface area contributed by atoms with Crippen LogP contribution in [0.15, 0.2) is 54.6 Å². The third kappa shape index (κ3) is 12.2. The lowest BCUT2D eigenvalue weighted by molar-refractivity contribution is -0.132. The molecule has 0 fully saturated rings. The number of aryl methyl sites for hydroxylation is 1. The Kier molecular flexibility index (Phi) is 12.8. The highest BCUT2D eigenvalue weighted by Gasteiger charge is 2.26. The van der Waals surface area contributed by atoms with Crippen molar-refractivity contribution in [3.63, 3.8) is 0 Å². The van der Waals surface area contributed by atoms with Crippen LogP contribution >= 0.6 is 0 Å². The number of imide groups is 1. The van der Waals surface area contributed by atoms with Gasteiger partial charge in [-0.1, -0.05) is 48.9 Å². The molecule has 0 heterocycles. The lowest BCUT2D eigenvalue weighted by atomic mass is 10.0. The molecule has 0 saturated carbocycles. The number of rotatable bonds is 14. The number of nitrogens with two attached hydrogens (primary N) is 1. The van der Waals surface area contributed by atoms with Crippen LogP contribution in [0.1, 0.15) is 57.6 Å². The average molecular weight is 528 g/mol. The third-order valence-electron chi connectivity index (χ3n) is 5.76. The minimum atomic E-state index is -1.15. The van der Waals surface area contributed by atoms with Crippen molar-refractivity contribution in [2.45, 2.75) is 71.1 Å². The van der Waals surface area contributed by atoms with Gasteiger partial charge >= 0.3 is 6.09 Å². The van der Waals surface area contributed by atoms with Crippen LogP contribution in [-0.4, -0.2) is 47.8 Å². The third-order valence-corrected chi connectivity index (χ3v) is 5.76. The van der Waals surface area contributed by atoms with Crippen molar-refractivity contribution < 1.29 is 29.0 Å². The summed E-state index contributed by atoms with van der Waals surface area (Å²) in [6.45, 7) is 5.21. The molecule has 0 saturated heterocycles. The molecule has 0 aromatic heterocycles. The summed E-state index contributed by atoms with van der Waals surface area (Å²) in [5.41, 5.74) is 7.55. The Bertz CT molecular complexity index is 1010. The van der Waals surface area contributed by atoms with E-state index < -0.39 is 42.1 Å². The molecule has 9 nitrogen and oxygen atoms in total.